The maximum atomic E-state index is 12.4. The molecule has 1 fully saturated rings. The van der Waals surface area contributed by atoms with Crippen molar-refractivity contribution in [2.45, 2.75) is 84.7 Å². The molecule has 0 spiro atoms. The van der Waals surface area contributed by atoms with E-state index < -0.39 is 0 Å². The molecule has 0 radical (unpaired) electrons. The molecule has 1 aromatic carbocycles. The fraction of sp³-hybridized carbons (Fsp3) is 0.652. The number of carbonyl (C=O) groups is 1. The van der Waals surface area contributed by atoms with Gasteiger partial charge in [0, 0.05) is 30.7 Å². The Balaban J connectivity index is 1.92. The average Bonchev–Trinajstić information content (AvgIpc) is 3.00. The van der Waals surface area contributed by atoms with E-state index >= 15 is 0 Å². The summed E-state index contributed by atoms with van der Waals surface area (Å²) in [4.78, 5) is 19.1. The zero-order chi connectivity index (χ0) is 20.5. The number of hydrogen-bond donors (Lipinski definition) is 1. The van der Waals surface area contributed by atoms with Gasteiger partial charge in [-0.3, -0.25) is 0 Å². The zero-order valence-electron chi connectivity index (χ0n) is 18.4. The van der Waals surface area contributed by atoms with Gasteiger partial charge in [0.15, 0.2) is 0 Å². The van der Waals surface area contributed by atoms with Crippen molar-refractivity contribution in [3.63, 3.8) is 0 Å². The van der Waals surface area contributed by atoms with Gasteiger partial charge in [-0.15, -0.1) is 0 Å². The summed E-state index contributed by atoms with van der Waals surface area (Å²) in [7, 11) is 1.81. The number of benzene rings is 1. The number of hydrogen-bond acceptors (Lipinski definition) is 2. The van der Waals surface area contributed by atoms with Crippen molar-refractivity contribution in [3.05, 3.63) is 24.0 Å². The summed E-state index contributed by atoms with van der Waals surface area (Å²) in [5.74, 6) is 1.88. The first-order valence-electron chi connectivity index (χ1n) is 10.7. The lowest BCUT2D eigenvalue weighted by atomic mass is 9.88. The summed E-state index contributed by atoms with van der Waals surface area (Å²) in [5, 5.41) is 3.00. The van der Waals surface area contributed by atoms with Crippen molar-refractivity contribution >= 4 is 22.8 Å². The second kappa shape index (κ2) is 8.14. The molecule has 0 unspecified atom stereocenters. The molecule has 5 nitrogen and oxygen atoms in total. The normalized spacial score (nSPS) is 16.0. The van der Waals surface area contributed by atoms with Gasteiger partial charge in [0.05, 0.1) is 11.0 Å². The molecule has 3 rings (SSSR count). The molecule has 28 heavy (non-hydrogen) atoms. The van der Waals surface area contributed by atoms with Crippen molar-refractivity contribution in [2.75, 3.05) is 12.4 Å². The Morgan fingerprint density at radius 3 is 2.54 bits per heavy atom. The van der Waals surface area contributed by atoms with Crippen LogP contribution in [0.5, 0.6) is 0 Å². The number of nitrogens with zero attached hydrogens (tertiary/aromatic N) is 3. The molecule has 1 aliphatic rings. The number of nitrogens with one attached hydrogen (secondary N) is 1. The van der Waals surface area contributed by atoms with Gasteiger partial charge in [-0.25, -0.2) is 9.78 Å². The lowest BCUT2D eigenvalue weighted by Gasteiger charge is -2.26. The van der Waals surface area contributed by atoms with Crippen LogP contribution in [0.4, 0.5) is 10.5 Å². The van der Waals surface area contributed by atoms with E-state index in [1.54, 1.807) is 4.90 Å². The Kier molecular flexibility index (Phi) is 6.01. The molecule has 2 amide bonds. The summed E-state index contributed by atoms with van der Waals surface area (Å²) in [6, 6.07) is 6.19. The molecule has 0 aliphatic heterocycles. The molecular weight excluding hydrogens is 348 g/mol. The Morgan fingerprint density at radius 2 is 1.93 bits per heavy atom. The number of fused-ring (bicyclic) bond motifs is 1. The van der Waals surface area contributed by atoms with E-state index in [4.69, 9.17) is 4.98 Å². The average molecular weight is 385 g/mol. The number of urea groups is 1. The number of anilines is 1. The van der Waals surface area contributed by atoms with Gasteiger partial charge in [-0.1, -0.05) is 40.0 Å². The SMILES string of the molecule is CC(C)N(C)C(=O)Nc1ccc2c(c1)nc(C(C)(C)C)n2CC1CCCCC1. The van der Waals surface area contributed by atoms with Crippen LogP contribution in [0.1, 0.15) is 72.5 Å². The highest BCUT2D eigenvalue weighted by atomic mass is 16.2. The second-order valence-electron chi connectivity index (χ2n) is 9.64. The molecule has 1 aliphatic carbocycles. The second-order valence-corrected chi connectivity index (χ2v) is 9.64. The molecule has 154 valence electrons. The number of aromatic nitrogens is 2. The van der Waals surface area contributed by atoms with Gasteiger partial charge in [-0.05, 0) is 50.8 Å². The van der Waals surface area contributed by atoms with Crippen molar-refractivity contribution in [3.8, 4) is 0 Å². The third-order valence-electron chi connectivity index (χ3n) is 5.93. The number of amides is 2. The van der Waals surface area contributed by atoms with Crippen molar-refractivity contribution in [2.24, 2.45) is 5.92 Å². The molecule has 1 saturated carbocycles. The Labute approximate surface area is 169 Å². The summed E-state index contributed by atoms with van der Waals surface area (Å²) < 4.78 is 2.43. The van der Waals surface area contributed by atoms with E-state index in [-0.39, 0.29) is 17.5 Å². The minimum atomic E-state index is -0.0907. The first kappa shape index (κ1) is 20.7. The molecule has 1 aromatic heterocycles. The Hall–Kier alpha value is -2.04. The van der Waals surface area contributed by atoms with E-state index in [2.05, 4.69) is 36.7 Å². The Morgan fingerprint density at radius 1 is 1.25 bits per heavy atom. The molecule has 2 aromatic rings. The first-order valence-corrected chi connectivity index (χ1v) is 10.7. The van der Waals surface area contributed by atoms with Crippen LogP contribution in [0.15, 0.2) is 18.2 Å². The van der Waals surface area contributed by atoms with E-state index in [0.717, 1.165) is 29.5 Å². The van der Waals surface area contributed by atoms with Crippen molar-refractivity contribution in [1.82, 2.24) is 14.5 Å². The molecule has 0 bridgehead atoms. The maximum absolute atomic E-state index is 12.4. The van der Waals surface area contributed by atoms with Gasteiger partial charge >= 0.3 is 6.03 Å². The van der Waals surface area contributed by atoms with Crippen LogP contribution >= 0.6 is 0 Å². The van der Waals surface area contributed by atoms with Gasteiger partial charge in [0.2, 0.25) is 0 Å². The highest BCUT2D eigenvalue weighted by molar-refractivity contribution is 5.92. The van der Waals surface area contributed by atoms with Crippen molar-refractivity contribution in [1.29, 1.82) is 0 Å². The monoisotopic (exact) mass is 384 g/mol. The third kappa shape index (κ3) is 4.50. The number of carbonyl (C=O) groups excluding carboxylic acids is 1. The van der Waals surface area contributed by atoms with E-state index in [1.807, 2.05) is 33.0 Å². The molecule has 1 N–H and O–H groups in total. The number of rotatable bonds is 4. The quantitative estimate of drug-likeness (QED) is 0.726. The van der Waals surface area contributed by atoms with E-state index in [0.29, 0.717) is 0 Å². The lowest BCUT2D eigenvalue weighted by Crippen LogP contribution is -2.36. The third-order valence-corrected chi connectivity index (χ3v) is 5.93. The highest BCUT2D eigenvalue weighted by Gasteiger charge is 2.25. The van der Waals surface area contributed by atoms with Gasteiger partial charge in [0.1, 0.15) is 5.82 Å². The predicted octanol–water partition coefficient (Wildman–Crippen LogP) is 5.79. The topological polar surface area (TPSA) is 50.2 Å². The molecule has 0 saturated heterocycles. The largest absolute Gasteiger partial charge is 0.327 e. The first-order chi connectivity index (χ1) is 13.2. The van der Waals surface area contributed by atoms with Crippen LogP contribution in [0.3, 0.4) is 0 Å². The molecular formula is C23H36N4O. The van der Waals surface area contributed by atoms with Crippen LogP contribution in [0, 0.1) is 5.92 Å². The minimum Gasteiger partial charge on any atom is -0.327 e. The van der Waals surface area contributed by atoms with E-state index in [9.17, 15) is 4.79 Å². The highest BCUT2D eigenvalue weighted by Crippen LogP contribution is 2.32. The molecule has 0 atom stereocenters. The van der Waals surface area contributed by atoms with Crippen LogP contribution in [0.25, 0.3) is 11.0 Å². The maximum Gasteiger partial charge on any atom is 0.321 e. The predicted molar refractivity (Wildman–Crippen MR) is 117 cm³/mol. The van der Waals surface area contributed by atoms with Crippen LogP contribution in [-0.2, 0) is 12.0 Å². The van der Waals surface area contributed by atoms with Gasteiger partial charge in [0.25, 0.3) is 0 Å². The zero-order valence-corrected chi connectivity index (χ0v) is 18.4. The minimum absolute atomic E-state index is 0.0189. The fourth-order valence-electron chi connectivity index (χ4n) is 4.04. The summed E-state index contributed by atoms with van der Waals surface area (Å²) in [5.41, 5.74) is 2.92. The Bertz CT molecular complexity index is 825. The van der Waals surface area contributed by atoms with Gasteiger partial charge < -0.3 is 14.8 Å². The fourth-order valence-corrected chi connectivity index (χ4v) is 4.04. The van der Waals surface area contributed by atoms with E-state index in [1.165, 1.54) is 37.6 Å². The van der Waals surface area contributed by atoms with Crippen molar-refractivity contribution < 1.29 is 4.79 Å². The summed E-state index contributed by atoms with van der Waals surface area (Å²) in [6.45, 7) is 11.7. The summed E-state index contributed by atoms with van der Waals surface area (Å²) in [6.07, 6.45) is 6.71. The van der Waals surface area contributed by atoms with Gasteiger partial charge in [-0.2, -0.15) is 0 Å². The smallest absolute Gasteiger partial charge is 0.321 e. The number of imidazole rings is 1. The standard InChI is InChI=1S/C23H36N4O/c1-16(2)26(6)22(28)24-18-12-13-20-19(14-18)25-21(23(3,4)5)27(20)15-17-10-8-7-9-11-17/h12-14,16-17H,7-11,15H2,1-6H3,(H,24,28). The molecule has 5 heteroatoms. The lowest BCUT2D eigenvalue weighted by molar-refractivity contribution is 0.211. The molecule has 1 heterocycles. The van der Waals surface area contributed by atoms with Crippen LogP contribution in [0.2, 0.25) is 0 Å². The van der Waals surface area contributed by atoms with Crippen LogP contribution < -0.4 is 5.32 Å². The summed E-state index contributed by atoms with van der Waals surface area (Å²) >= 11 is 0. The van der Waals surface area contributed by atoms with Crippen LogP contribution in [-0.4, -0.2) is 33.6 Å².